The van der Waals surface area contributed by atoms with Crippen molar-refractivity contribution in [3.8, 4) is 5.75 Å². The van der Waals surface area contributed by atoms with Gasteiger partial charge in [0, 0.05) is 5.56 Å². The van der Waals surface area contributed by atoms with E-state index >= 15 is 0 Å². The lowest BCUT2D eigenvalue weighted by atomic mass is 10.0. The fourth-order valence-electron chi connectivity index (χ4n) is 1.54. The molecule has 0 fully saturated rings. The van der Waals surface area contributed by atoms with Crippen molar-refractivity contribution in [1.82, 2.24) is 0 Å². The van der Waals surface area contributed by atoms with Gasteiger partial charge in [-0.2, -0.15) is 4.39 Å². The van der Waals surface area contributed by atoms with Gasteiger partial charge in [-0.1, -0.05) is 12.7 Å². The number of halogens is 3. The van der Waals surface area contributed by atoms with Crippen LogP contribution in [-0.4, -0.2) is 19.7 Å². The van der Waals surface area contributed by atoms with Crippen molar-refractivity contribution in [3.05, 3.63) is 35.4 Å². The molecule has 0 saturated heterocycles. The second kappa shape index (κ2) is 6.26. The Kier molecular flexibility index (Phi) is 4.97. The summed E-state index contributed by atoms with van der Waals surface area (Å²) in [6.45, 7) is 4.77. The maximum absolute atomic E-state index is 13.9. The molecule has 1 aromatic rings. The van der Waals surface area contributed by atoms with Gasteiger partial charge in [0.25, 0.3) is 0 Å². The van der Waals surface area contributed by atoms with Crippen LogP contribution in [0.15, 0.2) is 12.6 Å². The smallest absolute Gasteiger partial charge is 0.345 e. The van der Waals surface area contributed by atoms with Crippen LogP contribution in [0.2, 0.25) is 0 Å². The Labute approximate surface area is 108 Å². The number of methoxy groups -OCH3 is 1. The normalized spacial score (nSPS) is 11.8. The number of rotatable bonds is 5. The van der Waals surface area contributed by atoms with Gasteiger partial charge in [-0.15, -0.1) is 0 Å². The molecule has 0 aliphatic carbocycles. The number of carbonyl (C=O) groups is 1. The van der Waals surface area contributed by atoms with Gasteiger partial charge in [0.1, 0.15) is 0 Å². The topological polar surface area (TPSA) is 35.5 Å². The first-order chi connectivity index (χ1) is 8.97. The number of benzene rings is 1. The largest absolute Gasteiger partial charge is 0.494 e. The van der Waals surface area contributed by atoms with E-state index in [0.717, 1.165) is 19.3 Å². The number of hydrogen-bond donors (Lipinski definition) is 0. The maximum Gasteiger partial charge on any atom is 0.345 e. The Morgan fingerprint density at radius 2 is 2.11 bits per heavy atom. The molecule has 19 heavy (non-hydrogen) atoms. The molecule has 3 nitrogen and oxygen atoms in total. The minimum absolute atomic E-state index is 0.0665. The number of ether oxygens (including phenoxy) is 2. The Morgan fingerprint density at radius 1 is 1.47 bits per heavy atom. The van der Waals surface area contributed by atoms with Gasteiger partial charge in [-0.25, -0.2) is 13.6 Å². The van der Waals surface area contributed by atoms with Gasteiger partial charge in [0.2, 0.25) is 12.0 Å². The summed E-state index contributed by atoms with van der Waals surface area (Å²) in [6, 6.07) is 1.06. The van der Waals surface area contributed by atoms with E-state index < -0.39 is 35.1 Å². The van der Waals surface area contributed by atoms with Crippen molar-refractivity contribution in [2.24, 2.45) is 0 Å². The Morgan fingerprint density at radius 3 is 2.58 bits per heavy atom. The lowest BCUT2D eigenvalue weighted by Crippen LogP contribution is -2.15. The van der Waals surface area contributed by atoms with Crippen LogP contribution < -0.4 is 4.74 Å². The number of carbonyl (C=O) groups excluding carboxylic acids is 1. The van der Waals surface area contributed by atoms with E-state index in [1.165, 1.54) is 6.92 Å². The van der Waals surface area contributed by atoms with Crippen molar-refractivity contribution in [2.75, 3.05) is 13.7 Å². The molecular weight excluding hydrogens is 261 g/mol. The summed E-state index contributed by atoms with van der Waals surface area (Å²) in [5.41, 5.74) is -0.817. The summed E-state index contributed by atoms with van der Waals surface area (Å²) in [6.07, 6.45) is -1.32. The van der Waals surface area contributed by atoms with Gasteiger partial charge < -0.3 is 9.47 Å². The first-order valence-electron chi connectivity index (χ1n) is 5.46. The minimum Gasteiger partial charge on any atom is -0.494 e. The first-order valence-corrected chi connectivity index (χ1v) is 5.46. The van der Waals surface area contributed by atoms with Gasteiger partial charge in [-0.05, 0) is 18.6 Å². The van der Waals surface area contributed by atoms with E-state index in [1.807, 2.05) is 0 Å². The molecule has 1 unspecified atom stereocenters. The molecule has 0 spiro atoms. The van der Waals surface area contributed by atoms with Crippen LogP contribution in [0.1, 0.15) is 24.2 Å². The van der Waals surface area contributed by atoms with E-state index in [1.54, 1.807) is 0 Å². The van der Waals surface area contributed by atoms with Crippen LogP contribution in [-0.2, 0) is 9.53 Å². The standard InChI is InChI=1S/C13H13F3O3/c1-4-7-6-8(18-3)10(14)11(15)9(7)12(16)13(17)19-5-2/h4,6,12H,1,5H2,2-3H3. The predicted octanol–water partition coefficient (Wildman–Crippen LogP) is 3.19. The highest BCUT2D eigenvalue weighted by molar-refractivity contribution is 5.78. The van der Waals surface area contributed by atoms with Crippen molar-refractivity contribution in [2.45, 2.75) is 13.1 Å². The molecule has 0 aliphatic rings. The maximum atomic E-state index is 13.9. The van der Waals surface area contributed by atoms with Crippen molar-refractivity contribution in [1.29, 1.82) is 0 Å². The van der Waals surface area contributed by atoms with E-state index in [4.69, 9.17) is 0 Å². The average molecular weight is 274 g/mol. The third-order valence-corrected chi connectivity index (χ3v) is 2.43. The quantitative estimate of drug-likeness (QED) is 0.773. The third kappa shape index (κ3) is 2.89. The Bertz CT molecular complexity index is 500. The van der Waals surface area contributed by atoms with Gasteiger partial charge in [-0.3, -0.25) is 0 Å². The van der Waals surface area contributed by atoms with E-state index in [0.29, 0.717) is 0 Å². The van der Waals surface area contributed by atoms with Gasteiger partial charge in [0.15, 0.2) is 11.6 Å². The highest BCUT2D eigenvalue weighted by Crippen LogP contribution is 2.33. The van der Waals surface area contributed by atoms with Crippen molar-refractivity contribution < 1.29 is 27.4 Å². The van der Waals surface area contributed by atoms with E-state index in [9.17, 15) is 18.0 Å². The molecule has 1 atom stereocenters. The van der Waals surface area contributed by atoms with Crippen LogP contribution in [0.3, 0.4) is 0 Å². The monoisotopic (exact) mass is 274 g/mol. The molecule has 0 saturated carbocycles. The zero-order valence-electron chi connectivity index (χ0n) is 10.5. The molecule has 1 aromatic carbocycles. The Hall–Kier alpha value is -1.98. The number of hydrogen-bond acceptors (Lipinski definition) is 3. The second-order valence-corrected chi connectivity index (χ2v) is 3.53. The molecule has 0 N–H and O–H groups in total. The van der Waals surface area contributed by atoms with Gasteiger partial charge in [0.05, 0.1) is 13.7 Å². The zero-order chi connectivity index (χ0) is 14.6. The lowest BCUT2D eigenvalue weighted by molar-refractivity contribution is -0.149. The lowest BCUT2D eigenvalue weighted by Gasteiger charge is -2.14. The SMILES string of the molecule is C=Cc1cc(OC)c(F)c(F)c1C(F)C(=O)OCC. The molecule has 0 radical (unpaired) electrons. The summed E-state index contributed by atoms with van der Waals surface area (Å²) in [5, 5.41) is 0. The molecule has 6 heteroatoms. The molecule has 0 heterocycles. The minimum atomic E-state index is -2.42. The highest BCUT2D eigenvalue weighted by Gasteiger charge is 2.30. The molecule has 104 valence electrons. The van der Waals surface area contributed by atoms with Gasteiger partial charge >= 0.3 is 5.97 Å². The van der Waals surface area contributed by atoms with E-state index in [2.05, 4.69) is 16.1 Å². The summed E-state index contributed by atoms with van der Waals surface area (Å²) in [7, 11) is 1.14. The summed E-state index contributed by atoms with van der Waals surface area (Å²) < 4.78 is 50.3. The number of alkyl halides is 1. The van der Waals surface area contributed by atoms with Crippen LogP contribution in [0.4, 0.5) is 13.2 Å². The van der Waals surface area contributed by atoms with Crippen molar-refractivity contribution in [3.63, 3.8) is 0 Å². The van der Waals surface area contributed by atoms with E-state index in [-0.39, 0.29) is 12.2 Å². The average Bonchev–Trinajstić information content (AvgIpc) is 2.41. The highest BCUT2D eigenvalue weighted by atomic mass is 19.2. The summed E-state index contributed by atoms with van der Waals surface area (Å²) >= 11 is 0. The Balaban J connectivity index is 3.37. The van der Waals surface area contributed by atoms with Crippen LogP contribution in [0.25, 0.3) is 6.08 Å². The fraction of sp³-hybridized carbons (Fsp3) is 0.308. The molecular formula is C13H13F3O3. The third-order valence-electron chi connectivity index (χ3n) is 2.43. The summed E-state index contributed by atoms with van der Waals surface area (Å²) in [5.74, 6) is -4.54. The summed E-state index contributed by atoms with van der Waals surface area (Å²) in [4.78, 5) is 11.3. The number of esters is 1. The van der Waals surface area contributed by atoms with Crippen molar-refractivity contribution >= 4 is 12.0 Å². The molecule has 1 rings (SSSR count). The fourth-order valence-corrected chi connectivity index (χ4v) is 1.54. The van der Waals surface area contributed by atoms with Crippen LogP contribution in [0.5, 0.6) is 5.75 Å². The predicted molar refractivity (Wildman–Crippen MR) is 63.5 cm³/mol. The van der Waals surface area contributed by atoms with Crippen LogP contribution >= 0.6 is 0 Å². The second-order valence-electron chi connectivity index (χ2n) is 3.53. The molecule has 0 aliphatic heterocycles. The van der Waals surface area contributed by atoms with Crippen LogP contribution in [0, 0.1) is 11.6 Å². The molecule has 0 amide bonds. The zero-order valence-corrected chi connectivity index (χ0v) is 10.5. The molecule has 0 aromatic heterocycles. The molecule has 0 bridgehead atoms. The first kappa shape index (κ1) is 15.1.